The molecule has 0 heterocycles. The number of ether oxygens (including phenoxy) is 1. The van der Waals surface area contributed by atoms with E-state index in [9.17, 15) is 13.2 Å². The number of rotatable bonds is 6. The lowest BCUT2D eigenvalue weighted by Gasteiger charge is -2.26. The Bertz CT molecular complexity index is 363. The van der Waals surface area contributed by atoms with Gasteiger partial charge in [-0.05, 0) is 19.8 Å². The highest BCUT2D eigenvalue weighted by Crippen LogP contribution is 2.24. The first-order valence-electron chi connectivity index (χ1n) is 6.32. The molecular weight excluding hydrogens is 256 g/mol. The van der Waals surface area contributed by atoms with Gasteiger partial charge in [-0.15, -0.1) is 0 Å². The average molecular weight is 278 g/mol. The Kier molecular flexibility index (Phi) is 5.87. The summed E-state index contributed by atoms with van der Waals surface area (Å²) >= 11 is 0. The van der Waals surface area contributed by atoms with E-state index in [1.54, 1.807) is 6.92 Å². The number of nitrogens with one attached hydrogen (secondary N) is 1. The van der Waals surface area contributed by atoms with E-state index in [4.69, 9.17) is 4.74 Å². The van der Waals surface area contributed by atoms with Gasteiger partial charge >= 0.3 is 6.09 Å². The van der Waals surface area contributed by atoms with Crippen molar-refractivity contribution in [3.8, 4) is 0 Å². The van der Waals surface area contributed by atoms with Crippen molar-refractivity contribution in [2.24, 2.45) is 0 Å². The van der Waals surface area contributed by atoms with E-state index in [2.05, 4.69) is 5.32 Å². The van der Waals surface area contributed by atoms with E-state index in [-0.39, 0.29) is 12.6 Å². The fraction of sp³-hybridized carbons (Fsp3) is 0.909. The highest BCUT2D eigenvalue weighted by Gasteiger charge is 2.28. The molecule has 1 aliphatic rings. The second kappa shape index (κ2) is 6.94. The van der Waals surface area contributed by atoms with Gasteiger partial charge < -0.3 is 10.1 Å². The van der Waals surface area contributed by atoms with Crippen molar-refractivity contribution in [1.82, 2.24) is 9.62 Å². The number of nitrogens with zero attached hydrogens (tertiary/aromatic N) is 1. The molecule has 0 atom stereocenters. The van der Waals surface area contributed by atoms with Crippen molar-refractivity contribution in [3.05, 3.63) is 0 Å². The molecule has 0 bridgehead atoms. The molecule has 0 radical (unpaired) electrons. The Balaban J connectivity index is 2.45. The van der Waals surface area contributed by atoms with Crippen LogP contribution in [-0.4, -0.2) is 50.8 Å². The highest BCUT2D eigenvalue weighted by atomic mass is 32.2. The monoisotopic (exact) mass is 278 g/mol. The summed E-state index contributed by atoms with van der Waals surface area (Å²) in [5.41, 5.74) is 0. The number of sulfonamides is 1. The van der Waals surface area contributed by atoms with Crippen LogP contribution in [0.4, 0.5) is 4.79 Å². The SMILES string of the molecule is CCOC(=O)NCCN(C1CCCC1)S(C)(=O)=O. The van der Waals surface area contributed by atoms with Gasteiger partial charge in [0.15, 0.2) is 0 Å². The zero-order valence-corrected chi connectivity index (χ0v) is 11.8. The molecule has 0 aromatic carbocycles. The van der Waals surface area contributed by atoms with Crippen LogP contribution in [-0.2, 0) is 14.8 Å². The molecule has 0 unspecified atom stereocenters. The molecule has 0 saturated heterocycles. The average Bonchev–Trinajstić information content (AvgIpc) is 2.76. The van der Waals surface area contributed by atoms with Crippen LogP contribution in [0.15, 0.2) is 0 Å². The molecule has 0 spiro atoms. The topological polar surface area (TPSA) is 75.7 Å². The molecule has 18 heavy (non-hydrogen) atoms. The van der Waals surface area contributed by atoms with Crippen LogP contribution in [0.2, 0.25) is 0 Å². The maximum absolute atomic E-state index is 11.7. The first kappa shape index (κ1) is 15.2. The van der Waals surface area contributed by atoms with Gasteiger partial charge in [-0.1, -0.05) is 12.8 Å². The van der Waals surface area contributed by atoms with E-state index >= 15 is 0 Å². The molecule has 1 amide bonds. The quantitative estimate of drug-likeness (QED) is 0.784. The summed E-state index contributed by atoms with van der Waals surface area (Å²) in [6.07, 6.45) is 4.68. The van der Waals surface area contributed by atoms with Gasteiger partial charge in [0, 0.05) is 19.1 Å². The van der Waals surface area contributed by atoms with E-state index < -0.39 is 16.1 Å². The summed E-state index contributed by atoms with van der Waals surface area (Å²) in [5.74, 6) is 0. The van der Waals surface area contributed by atoms with Crippen molar-refractivity contribution in [2.45, 2.75) is 38.6 Å². The first-order chi connectivity index (χ1) is 8.45. The third kappa shape index (κ3) is 4.81. The molecule has 0 aromatic rings. The lowest BCUT2D eigenvalue weighted by atomic mass is 10.2. The van der Waals surface area contributed by atoms with Gasteiger partial charge in [-0.25, -0.2) is 13.2 Å². The molecular formula is C11H22N2O4S. The standard InChI is InChI=1S/C11H22N2O4S/c1-3-17-11(14)12-8-9-13(18(2,15)16)10-6-4-5-7-10/h10H,3-9H2,1-2H3,(H,12,14). The van der Waals surface area contributed by atoms with Crippen LogP contribution in [0.5, 0.6) is 0 Å². The number of carbonyl (C=O) groups is 1. The van der Waals surface area contributed by atoms with Crippen molar-refractivity contribution < 1.29 is 17.9 Å². The zero-order chi connectivity index (χ0) is 13.6. The predicted molar refractivity (Wildman–Crippen MR) is 68.8 cm³/mol. The highest BCUT2D eigenvalue weighted by molar-refractivity contribution is 7.88. The van der Waals surface area contributed by atoms with Gasteiger partial charge in [0.1, 0.15) is 0 Å². The normalized spacial score (nSPS) is 17.1. The zero-order valence-electron chi connectivity index (χ0n) is 11.0. The molecule has 0 aliphatic heterocycles. The van der Waals surface area contributed by atoms with Gasteiger partial charge in [0.25, 0.3) is 0 Å². The van der Waals surface area contributed by atoms with Gasteiger partial charge in [0.2, 0.25) is 10.0 Å². The number of amides is 1. The van der Waals surface area contributed by atoms with Crippen LogP contribution in [0.25, 0.3) is 0 Å². The minimum atomic E-state index is -3.22. The number of carbonyl (C=O) groups excluding carboxylic acids is 1. The Morgan fingerprint density at radius 3 is 2.50 bits per heavy atom. The number of hydrogen-bond acceptors (Lipinski definition) is 4. The Morgan fingerprint density at radius 2 is 2.00 bits per heavy atom. The van der Waals surface area contributed by atoms with E-state index in [1.807, 2.05) is 0 Å². The smallest absolute Gasteiger partial charge is 0.407 e. The minimum Gasteiger partial charge on any atom is -0.450 e. The summed E-state index contributed by atoms with van der Waals surface area (Å²) < 4.78 is 29.6. The lowest BCUT2D eigenvalue weighted by Crippen LogP contribution is -2.43. The van der Waals surface area contributed by atoms with Crippen molar-refractivity contribution in [3.63, 3.8) is 0 Å². The molecule has 6 nitrogen and oxygen atoms in total. The fourth-order valence-electron chi connectivity index (χ4n) is 2.26. The first-order valence-corrected chi connectivity index (χ1v) is 8.17. The van der Waals surface area contributed by atoms with Crippen LogP contribution < -0.4 is 5.32 Å². The Hall–Kier alpha value is -0.820. The third-order valence-electron chi connectivity index (χ3n) is 3.03. The Labute approximate surface area is 109 Å². The second-order valence-corrected chi connectivity index (χ2v) is 6.39. The Morgan fingerprint density at radius 1 is 1.39 bits per heavy atom. The van der Waals surface area contributed by atoms with Gasteiger partial charge in [-0.3, -0.25) is 0 Å². The van der Waals surface area contributed by atoms with Crippen LogP contribution in [0.1, 0.15) is 32.6 Å². The van der Waals surface area contributed by atoms with Crippen LogP contribution in [0.3, 0.4) is 0 Å². The summed E-state index contributed by atoms with van der Waals surface area (Å²) in [5, 5.41) is 2.54. The predicted octanol–water partition coefficient (Wildman–Crippen LogP) is 0.937. The molecule has 1 N–H and O–H groups in total. The summed E-state index contributed by atoms with van der Waals surface area (Å²) in [7, 11) is -3.22. The molecule has 0 aromatic heterocycles. The summed E-state index contributed by atoms with van der Waals surface area (Å²) in [4.78, 5) is 11.1. The second-order valence-electron chi connectivity index (χ2n) is 4.46. The van der Waals surface area contributed by atoms with E-state index in [1.165, 1.54) is 10.6 Å². The molecule has 106 valence electrons. The van der Waals surface area contributed by atoms with E-state index in [0.29, 0.717) is 13.2 Å². The van der Waals surface area contributed by atoms with E-state index in [0.717, 1.165) is 25.7 Å². The summed E-state index contributed by atoms with van der Waals surface area (Å²) in [6, 6.07) is 0.0870. The van der Waals surface area contributed by atoms with Gasteiger partial charge in [-0.2, -0.15) is 4.31 Å². The number of hydrogen-bond donors (Lipinski definition) is 1. The molecule has 1 aliphatic carbocycles. The lowest BCUT2D eigenvalue weighted by molar-refractivity contribution is 0.151. The van der Waals surface area contributed by atoms with Crippen LogP contribution >= 0.6 is 0 Å². The fourth-order valence-corrected chi connectivity index (χ4v) is 3.44. The maximum Gasteiger partial charge on any atom is 0.407 e. The molecule has 1 saturated carbocycles. The minimum absolute atomic E-state index is 0.0870. The number of alkyl carbamates (subject to hydrolysis) is 1. The van der Waals surface area contributed by atoms with Gasteiger partial charge in [0.05, 0.1) is 12.9 Å². The molecule has 7 heteroatoms. The largest absolute Gasteiger partial charge is 0.450 e. The van der Waals surface area contributed by atoms with Crippen molar-refractivity contribution >= 4 is 16.1 Å². The molecule has 1 rings (SSSR count). The van der Waals surface area contributed by atoms with Crippen molar-refractivity contribution in [1.29, 1.82) is 0 Å². The van der Waals surface area contributed by atoms with Crippen molar-refractivity contribution in [2.75, 3.05) is 26.0 Å². The maximum atomic E-state index is 11.7. The summed E-state index contributed by atoms with van der Waals surface area (Å²) in [6.45, 7) is 2.62. The molecule has 1 fully saturated rings. The van der Waals surface area contributed by atoms with Crippen LogP contribution in [0, 0.1) is 0 Å². The third-order valence-corrected chi connectivity index (χ3v) is 4.37.